The van der Waals surface area contributed by atoms with E-state index < -0.39 is 0 Å². The number of hydrogen-bond donors (Lipinski definition) is 1. The molecule has 5 nitrogen and oxygen atoms in total. The largest absolute Gasteiger partial charge is 0.314 e. The molecule has 1 N–H and O–H groups in total. The Hall–Kier alpha value is -2.01. The normalized spacial score (nSPS) is 12.5. The van der Waals surface area contributed by atoms with Gasteiger partial charge in [-0.25, -0.2) is 0 Å². The van der Waals surface area contributed by atoms with E-state index in [9.17, 15) is 10.1 Å². The van der Waals surface area contributed by atoms with Gasteiger partial charge in [-0.05, 0) is 50.1 Å². The highest BCUT2D eigenvalue weighted by molar-refractivity contribution is 5.90. The summed E-state index contributed by atoms with van der Waals surface area (Å²) in [6, 6.07) is 7.21. The number of aromatic nitrogens is 1. The minimum absolute atomic E-state index is 0.117. The van der Waals surface area contributed by atoms with Crippen molar-refractivity contribution in [2.75, 3.05) is 6.54 Å². The molecule has 1 atom stereocenters. The number of non-ortho nitro benzene ring substituents is 1. The standard InChI is InChI=1S/C15H19N3O2/c1-3-8-16-11(2)10-12-6-7-14(18(19)20)13-5-4-9-17-15(12)13/h4-7,9,11,16H,3,8,10H2,1-2H3. The third kappa shape index (κ3) is 3.11. The molecule has 20 heavy (non-hydrogen) atoms. The van der Waals surface area contributed by atoms with Crippen molar-refractivity contribution in [2.45, 2.75) is 32.7 Å². The van der Waals surface area contributed by atoms with E-state index in [1.165, 1.54) is 0 Å². The van der Waals surface area contributed by atoms with Crippen LogP contribution in [0.4, 0.5) is 5.69 Å². The summed E-state index contributed by atoms with van der Waals surface area (Å²) < 4.78 is 0. The highest BCUT2D eigenvalue weighted by Crippen LogP contribution is 2.27. The Kier molecular flexibility index (Phi) is 4.63. The van der Waals surface area contributed by atoms with Crippen LogP contribution in [-0.4, -0.2) is 22.5 Å². The van der Waals surface area contributed by atoms with E-state index >= 15 is 0 Å². The molecule has 2 aromatic rings. The second kappa shape index (κ2) is 6.43. The quantitative estimate of drug-likeness (QED) is 0.648. The lowest BCUT2D eigenvalue weighted by Gasteiger charge is -2.14. The zero-order chi connectivity index (χ0) is 14.5. The molecule has 0 amide bonds. The van der Waals surface area contributed by atoms with E-state index in [-0.39, 0.29) is 10.6 Å². The first kappa shape index (κ1) is 14.4. The molecule has 0 radical (unpaired) electrons. The van der Waals surface area contributed by atoms with Crippen LogP contribution in [0, 0.1) is 10.1 Å². The van der Waals surface area contributed by atoms with Crippen molar-refractivity contribution < 1.29 is 4.92 Å². The van der Waals surface area contributed by atoms with Crippen molar-refractivity contribution in [2.24, 2.45) is 0 Å². The first-order valence-electron chi connectivity index (χ1n) is 6.88. The number of pyridine rings is 1. The van der Waals surface area contributed by atoms with Crippen LogP contribution in [0.3, 0.4) is 0 Å². The van der Waals surface area contributed by atoms with Gasteiger partial charge >= 0.3 is 0 Å². The smallest absolute Gasteiger partial charge is 0.278 e. The molecule has 0 aliphatic heterocycles. The molecule has 0 saturated heterocycles. The fourth-order valence-electron chi connectivity index (χ4n) is 2.33. The van der Waals surface area contributed by atoms with Gasteiger partial charge in [0.15, 0.2) is 0 Å². The number of nitro benzene ring substituents is 1. The minimum atomic E-state index is -0.355. The number of nitrogens with zero attached hydrogens (tertiary/aromatic N) is 2. The summed E-state index contributed by atoms with van der Waals surface area (Å²) >= 11 is 0. The molecule has 0 fully saturated rings. The average molecular weight is 273 g/mol. The Morgan fingerprint density at radius 2 is 2.20 bits per heavy atom. The molecule has 5 heteroatoms. The van der Waals surface area contributed by atoms with E-state index in [1.807, 2.05) is 6.07 Å². The first-order chi connectivity index (χ1) is 9.63. The molecule has 1 aromatic carbocycles. The lowest BCUT2D eigenvalue weighted by atomic mass is 10.0. The topological polar surface area (TPSA) is 68.1 Å². The van der Waals surface area contributed by atoms with Gasteiger partial charge in [-0.2, -0.15) is 0 Å². The van der Waals surface area contributed by atoms with Gasteiger partial charge < -0.3 is 5.32 Å². The van der Waals surface area contributed by atoms with E-state index in [0.29, 0.717) is 11.4 Å². The van der Waals surface area contributed by atoms with Crippen molar-refractivity contribution in [1.29, 1.82) is 0 Å². The van der Waals surface area contributed by atoms with Crippen LogP contribution >= 0.6 is 0 Å². The highest BCUT2D eigenvalue weighted by atomic mass is 16.6. The van der Waals surface area contributed by atoms with Gasteiger partial charge in [0.05, 0.1) is 15.8 Å². The molecule has 106 valence electrons. The van der Waals surface area contributed by atoms with Crippen molar-refractivity contribution in [3.8, 4) is 0 Å². The molecule has 0 saturated carbocycles. The second-order valence-electron chi connectivity index (χ2n) is 4.96. The molecule has 0 bridgehead atoms. The summed E-state index contributed by atoms with van der Waals surface area (Å²) in [5.41, 5.74) is 1.89. The Morgan fingerprint density at radius 1 is 1.40 bits per heavy atom. The van der Waals surface area contributed by atoms with Gasteiger partial charge in [0.1, 0.15) is 0 Å². The first-order valence-corrected chi connectivity index (χ1v) is 6.88. The van der Waals surface area contributed by atoms with Crippen molar-refractivity contribution in [1.82, 2.24) is 10.3 Å². The molecule has 1 unspecified atom stereocenters. The number of benzene rings is 1. The zero-order valence-electron chi connectivity index (χ0n) is 11.8. The van der Waals surface area contributed by atoms with Crippen LogP contribution in [-0.2, 0) is 6.42 Å². The highest BCUT2D eigenvalue weighted by Gasteiger charge is 2.15. The number of nitrogens with one attached hydrogen (secondary N) is 1. The number of nitro groups is 1. The van der Waals surface area contributed by atoms with Crippen LogP contribution in [0.15, 0.2) is 30.5 Å². The third-order valence-electron chi connectivity index (χ3n) is 3.30. The summed E-state index contributed by atoms with van der Waals surface area (Å²) in [7, 11) is 0. The van der Waals surface area contributed by atoms with Crippen molar-refractivity contribution >= 4 is 16.6 Å². The molecule has 2 rings (SSSR count). The lowest BCUT2D eigenvalue weighted by Crippen LogP contribution is -2.28. The summed E-state index contributed by atoms with van der Waals surface area (Å²) in [5, 5.41) is 15.1. The van der Waals surface area contributed by atoms with Gasteiger partial charge in [0, 0.05) is 18.3 Å². The van der Waals surface area contributed by atoms with Gasteiger partial charge in [-0.3, -0.25) is 15.1 Å². The predicted octanol–water partition coefficient (Wildman–Crippen LogP) is 3.07. The summed E-state index contributed by atoms with van der Waals surface area (Å²) in [4.78, 5) is 15.0. The van der Waals surface area contributed by atoms with Gasteiger partial charge in [-0.1, -0.05) is 6.92 Å². The zero-order valence-corrected chi connectivity index (χ0v) is 11.8. The van der Waals surface area contributed by atoms with Crippen LogP contribution in [0.5, 0.6) is 0 Å². The van der Waals surface area contributed by atoms with E-state index in [4.69, 9.17) is 0 Å². The fraction of sp³-hybridized carbons (Fsp3) is 0.400. The summed E-state index contributed by atoms with van der Waals surface area (Å²) in [6.45, 7) is 5.22. The molecular weight excluding hydrogens is 254 g/mol. The van der Waals surface area contributed by atoms with Crippen LogP contribution in [0.25, 0.3) is 10.9 Å². The Bertz CT molecular complexity index is 613. The molecule has 0 aliphatic rings. The van der Waals surface area contributed by atoms with Gasteiger partial charge in [0.2, 0.25) is 0 Å². The molecule has 0 aliphatic carbocycles. The van der Waals surface area contributed by atoms with Gasteiger partial charge in [0.25, 0.3) is 5.69 Å². The maximum absolute atomic E-state index is 11.1. The van der Waals surface area contributed by atoms with Crippen LogP contribution in [0.2, 0.25) is 0 Å². The number of hydrogen-bond acceptors (Lipinski definition) is 4. The molecule has 1 heterocycles. The van der Waals surface area contributed by atoms with Crippen molar-refractivity contribution in [3.63, 3.8) is 0 Å². The molecule has 0 spiro atoms. The Morgan fingerprint density at radius 3 is 2.90 bits per heavy atom. The van der Waals surface area contributed by atoms with Crippen molar-refractivity contribution in [3.05, 3.63) is 46.1 Å². The predicted molar refractivity (Wildman–Crippen MR) is 79.9 cm³/mol. The van der Waals surface area contributed by atoms with E-state index in [1.54, 1.807) is 24.4 Å². The SMILES string of the molecule is CCCNC(C)Cc1ccc([N+](=O)[O-])c2cccnc12. The number of rotatable bonds is 6. The summed E-state index contributed by atoms with van der Waals surface area (Å²) in [5.74, 6) is 0. The fourth-order valence-corrected chi connectivity index (χ4v) is 2.33. The lowest BCUT2D eigenvalue weighted by molar-refractivity contribution is -0.383. The average Bonchev–Trinajstić information content (AvgIpc) is 2.45. The van der Waals surface area contributed by atoms with Crippen LogP contribution < -0.4 is 5.32 Å². The molecular formula is C15H19N3O2. The summed E-state index contributed by atoms with van der Waals surface area (Å²) in [6.07, 6.45) is 3.58. The van der Waals surface area contributed by atoms with E-state index in [0.717, 1.165) is 30.5 Å². The Labute approximate surface area is 118 Å². The maximum Gasteiger partial charge on any atom is 0.278 e. The second-order valence-corrected chi connectivity index (χ2v) is 4.96. The maximum atomic E-state index is 11.1. The molecule has 1 aromatic heterocycles. The minimum Gasteiger partial charge on any atom is -0.314 e. The Balaban J connectivity index is 2.35. The van der Waals surface area contributed by atoms with Crippen LogP contribution in [0.1, 0.15) is 25.8 Å². The van der Waals surface area contributed by atoms with E-state index in [2.05, 4.69) is 24.1 Å². The van der Waals surface area contributed by atoms with Gasteiger partial charge in [-0.15, -0.1) is 0 Å². The number of fused-ring (bicyclic) bond motifs is 1. The monoisotopic (exact) mass is 273 g/mol. The third-order valence-corrected chi connectivity index (χ3v) is 3.30.